The molecule has 1 rings (SSSR count). The van der Waals surface area contributed by atoms with E-state index in [0.717, 1.165) is 24.2 Å². The number of rotatable bonds is 14. The Morgan fingerprint density at radius 2 is 1.68 bits per heavy atom. The molecule has 0 aromatic rings. The van der Waals surface area contributed by atoms with E-state index in [0.29, 0.717) is 12.8 Å². The van der Waals surface area contributed by atoms with Crippen LogP contribution in [0.2, 0.25) is 0 Å². The maximum Gasteiger partial charge on any atom is 0.275 e. The predicted octanol–water partition coefficient (Wildman–Crippen LogP) is 2.22. The second kappa shape index (κ2) is 14.3. The van der Waals surface area contributed by atoms with Gasteiger partial charge in [-0.2, -0.15) is 0 Å². The molecule has 0 aromatic carbocycles. The largest absolute Gasteiger partial charge is 0.361 e. The minimum absolute atomic E-state index is 0.0952. The normalized spacial score (nSPS) is 21.5. The third-order valence-corrected chi connectivity index (χ3v) is 6.20. The van der Waals surface area contributed by atoms with Gasteiger partial charge in [-0.05, 0) is 39.0 Å². The first-order valence-corrected chi connectivity index (χ1v) is 12.8. The number of nitrogens with zero attached hydrogens (tertiary/aromatic N) is 1. The molecule has 1 fully saturated rings. The van der Waals surface area contributed by atoms with Gasteiger partial charge >= 0.3 is 0 Å². The molecule has 0 aliphatic carbocycles. The number of unbranched alkanes of at least 4 members (excludes halogenated alkanes) is 5. The molecule has 1 aliphatic rings. The van der Waals surface area contributed by atoms with Gasteiger partial charge in [0.05, 0.1) is 6.04 Å². The van der Waals surface area contributed by atoms with Crippen molar-refractivity contribution < 1.29 is 24.3 Å². The molecular formula is C25H46N4O5. The first-order valence-electron chi connectivity index (χ1n) is 12.8. The van der Waals surface area contributed by atoms with Crippen LogP contribution in [0.25, 0.3) is 0 Å². The summed E-state index contributed by atoms with van der Waals surface area (Å²) in [7, 11) is 1.36. The number of carbonyl (C=O) groups is 4. The molecule has 1 saturated heterocycles. The van der Waals surface area contributed by atoms with Crippen molar-refractivity contribution in [3.63, 3.8) is 0 Å². The van der Waals surface area contributed by atoms with Crippen LogP contribution in [0.1, 0.15) is 98.8 Å². The molecule has 1 heterocycles. The molecule has 0 saturated carbocycles. The first kappa shape index (κ1) is 29.9. The van der Waals surface area contributed by atoms with Gasteiger partial charge in [-0.15, -0.1) is 0 Å². The SMILES string of the molecule is CCCCCCCCC(=O)N[C@@H](CC(C)C)C(=O)N[C@H]1CCC(=O)N(C)C1(O)C(=O)NC(C)C. The second-order valence-electron chi connectivity index (χ2n) is 10.2. The van der Waals surface area contributed by atoms with Gasteiger partial charge in [0.15, 0.2) is 0 Å². The lowest BCUT2D eigenvalue weighted by atomic mass is 9.90. The van der Waals surface area contributed by atoms with Gasteiger partial charge in [-0.1, -0.05) is 52.9 Å². The van der Waals surface area contributed by atoms with E-state index in [1.165, 1.54) is 26.3 Å². The lowest BCUT2D eigenvalue weighted by molar-refractivity contribution is -0.186. The number of aliphatic hydroxyl groups is 1. The average molecular weight is 483 g/mol. The van der Waals surface area contributed by atoms with Gasteiger partial charge in [0.1, 0.15) is 6.04 Å². The molecule has 0 bridgehead atoms. The summed E-state index contributed by atoms with van der Waals surface area (Å²) in [6.07, 6.45) is 7.39. The number of hydrogen-bond acceptors (Lipinski definition) is 5. The third kappa shape index (κ3) is 8.89. The molecule has 3 atom stereocenters. The fraction of sp³-hybridized carbons (Fsp3) is 0.840. The van der Waals surface area contributed by atoms with Crippen LogP contribution in [0.5, 0.6) is 0 Å². The minimum atomic E-state index is -2.21. The summed E-state index contributed by atoms with van der Waals surface area (Å²) < 4.78 is 0. The van der Waals surface area contributed by atoms with Crippen LogP contribution in [0.15, 0.2) is 0 Å². The minimum Gasteiger partial charge on any atom is -0.361 e. The standard InChI is InChI=1S/C25H46N4O5/c1-7-8-9-10-11-12-13-21(30)27-19(16-17(2)3)23(32)28-20-14-15-22(31)29(6)25(20,34)24(33)26-18(4)5/h17-20,34H,7-16H2,1-6H3,(H,26,33)(H,27,30)(H,28,32)/t19-,20-,25?/m0/s1. The summed E-state index contributed by atoms with van der Waals surface area (Å²) in [5, 5.41) is 19.5. The molecule has 196 valence electrons. The van der Waals surface area contributed by atoms with Crippen LogP contribution < -0.4 is 16.0 Å². The Hall–Kier alpha value is -2.16. The fourth-order valence-electron chi connectivity index (χ4n) is 4.22. The summed E-state index contributed by atoms with van der Waals surface area (Å²) in [6.45, 7) is 9.57. The molecule has 0 aromatic heterocycles. The zero-order chi connectivity index (χ0) is 25.9. The highest BCUT2D eigenvalue weighted by molar-refractivity contribution is 5.94. The maximum absolute atomic E-state index is 13.2. The molecule has 4 N–H and O–H groups in total. The lowest BCUT2D eigenvalue weighted by Crippen LogP contribution is -2.73. The van der Waals surface area contributed by atoms with E-state index in [1.54, 1.807) is 13.8 Å². The molecule has 34 heavy (non-hydrogen) atoms. The zero-order valence-electron chi connectivity index (χ0n) is 21.9. The van der Waals surface area contributed by atoms with Crippen LogP contribution in [-0.2, 0) is 19.2 Å². The van der Waals surface area contributed by atoms with Crippen LogP contribution in [-0.4, -0.2) is 64.5 Å². The van der Waals surface area contributed by atoms with E-state index in [-0.39, 0.29) is 36.6 Å². The van der Waals surface area contributed by atoms with E-state index < -0.39 is 29.6 Å². The number of hydrogen-bond donors (Lipinski definition) is 4. The zero-order valence-corrected chi connectivity index (χ0v) is 21.9. The van der Waals surface area contributed by atoms with Crippen LogP contribution in [0.3, 0.4) is 0 Å². The fourth-order valence-corrected chi connectivity index (χ4v) is 4.22. The van der Waals surface area contributed by atoms with Gasteiger partial charge in [-0.3, -0.25) is 19.2 Å². The Morgan fingerprint density at radius 3 is 2.26 bits per heavy atom. The Labute approximate surface area is 204 Å². The van der Waals surface area contributed by atoms with Crippen LogP contribution in [0.4, 0.5) is 0 Å². The van der Waals surface area contributed by atoms with Crippen molar-refractivity contribution in [3.8, 4) is 0 Å². The molecule has 9 nitrogen and oxygen atoms in total. The summed E-state index contributed by atoms with van der Waals surface area (Å²) in [5.74, 6) is -1.62. The molecule has 0 spiro atoms. The van der Waals surface area contributed by atoms with Crippen molar-refractivity contribution in [2.24, 2.45) is 5.92 Å². The molecule has 4 amide bonds. The van der Waals surface area contributed by atoms with E-state index >= 15 is 0 Å². The highest BCUT2D eigenvalue weighted by Crippen LogP contribution is 2.27. The quantitative estimate of drug-likeness (QED) is 0.282. The smallest absolute Gasteiger partial charge is 0.275 e. The summed E-state index contributed by atoms with van der Waals surface area (Å²) in [5.41, 5.74) is -2.21. The van der Waals surface area contributed by atoms with Crippen LogP contribution >= 0.6 is 0 Å². The van der Waals surface area contributed by atoms with Gasteiger partial charge < -0.3 is 26.0 Å². The first-order chi connectivity index (χ1) is 15.9. The second-order valence-corrected chi connectivity index (χ2v) is 10.2. The average Bonchev–Trinajstić information content (AvgIpc) is 2.75. The maximum atomic E-state index is 13.2. The summed E-state index contributed by atoms with van der Waals surface area (Å²) in [6, 6.07) is -2.03. The highest BCUT2D eigenvalue weighted by Gasteiger charge is 2.53. The van der Waals surface area contributed by atoms with Crippen molar-refractivity contribution in [1.82, 2.24) is 20.9 Å². The molecule has 0 radical (unpaired) electrons. The summed E-state index contributed by atoms with van der Waals surface area (Å²) >= 11 is 0. The number of nitrogens with one attached hydrogen (secondary N) is 3. The third-order valence-electron chi connectivity index (χ3n) is 6.20. The van der Waals surface area contributed by atoms with E-state index in [2.05, 4.69) is 22.9 Å². The number of likely N-dealkylation sites (tertiary alicyclic amines) is 1. The number of likely N-dealkylation sites (N-methyl/N-ethyl adjacent to an activating group) is 1. The Balaban J connectivity index is 2.86. The van der Waals surface area contributed by atoms with Crippen molar-refractivity contribution >= 4 is 23.6 Å². The van der Waals surface area contributed by atoms with Gasteiger partial charge in [-0.25, -0.2) is 0 Å². The van der Waals surface area contributed by atoms with Gasteiger partial charge in [0.25, 0.3) is 5.91 Å². The number of carbonyl (C=O) groups excluding carboxylic acids is 4. The Bertz CT molecular complexity index is 697. The Kier molecular flexibility index (Phi) is 12.6. The predicted molar refractivity (Wildman–Crippen MR) is 132 cm³/mol. The van der Waals surface area contributed by atoms with Crippen molar-refractivity contribution in [1.29, 1.82) is 0 Å². The van der Waals surface area contributed by atoms with Crippen LogP contribution in [0, 0.1) is 5.92 Å². The monoisotopic (exact) mass is 482 g/mol. The van der Waals surface area contributed by atoms with Crippen molar-refractivity contribution in [3.05, 3.63) is 0 Å². The molecule has 9 heteroatoms. The molecular weight excluding hydrogens is 436 g/mol. The van der Waals surface area contributed by atoms with Crippen molar-refractivity contribution in [2.45, 2.75) is 123 Å². The highest BCUT2D eigenvalue weighted by atomic mass is 16.3. The van der Waals surface area contributed by atoms with E-state index in [9.17, 15) is 24.3 Å². The Morgan fingerprint density at radius 1 is 1.06 bits per heavy atom. The number of amides is 4. The summed E-state index contributed by atoms with van der Waals surface area (Å²) in [4.78, 5) is 51.8. The lowest BCUT2D eigenvalue weighted by Gasteiger charge is -2.45. The topological polar surface area (TPSA) is 128 Å². The van der Waals surface area contributed by atoms with Crippen molar-refractivity contribution in [2.75, 3.05) is 7.05 Å². The van der Waals surface area contributed by atoms with Gasteiger partial charge in [0, 0.05) is 25.9 Å². The molecule has 1 aliphatic heterocycles. The van der Waals surface area contributed by atoms with E-state index in [1.807, 2.05) is 13.8 Å². The van der Waals surface area contributed by atoms with E-state index in [4.69, 9.17) is 0 Å². The number of piperidine rings is 1. The molecule has 1 unspecified atom stereocenters. The van der Waals surface area contributed by atoms with Gasteiger partial charge in [0.2, 0.25) is 23.4 Å².